The molecule has 0 aliphatic carbocycles. The number of ether oxygens (including phenoxy) is 1. The van der Waals surface area contributed by atoms with E-state index >= 15 is 0 Å². The summed E-state index contributed by atoms with van der Waals surface area (Å²) in [6, 6.07) is 9.11. The highest BCUT2D eigenvalue weighted by molar-refractivity contribution is 5.31. The summed E-state index contributed by atoms with van der Waals surface area (Å²) in [6.45, 7) is 7.43. The van der Waals surface area contributed by atoms with Crippen LogP contribution >= 0.6 is 0 Å². The van der Waals surface area contributed by atoms with Gasteiger partial charge in [-0.15, -0.1) is 0 Å². The summed E-state index contributed by atoms with van der Waals surface area (Å²) in [6.07, 6.45) is 0.250. The second-order valence-electron chi connectivity index (χ2n) is 4.54. The number of benzene rings is 1. The SMILES string of the molecule is CC(C)Oc1ccc(C2CNC2C)cc1. The third-order valence-corrected chi connectivity index (χ3v) is 2.94. The molecule has 2 unspecified atom stereocenters. The Bertz CT molecular complexity index is 318. The van der Waals surface area contributed by atoms with Gasteiger partial charge in [0.2, 0.25) is 0 Å². The molecule has 1 heterocycles. The van der Waals surface area contributed by atoms with Gasteiger partial charge in [-0.2, -0.15) is 0 Å². The predicted octanol–water partition coefficient (Wildman–Crippen LogP) is 2.55. The molecule has 2 nitrogen and oxygen atoms in total. The van der Waals surface area contributed by atoms with Crippen LogP contribution in [0, 0.1) is 0 Å². The van der Waals surface area contributed by atoms with Crippen LogP contribution in [0.15, 0.2) is 24.3 Å². The first-order chi connectivity index (χ1) is 7.16. The molecule has 1 aliphatic heterocycles. The maximum Gasteiger partial charge on any atom is 0.119 e. The van der Waals surface area contributed by atoms with Gasteiger partial charge in [0.25, 0.3) is 0 Å². The zero-order valence-corrected chi connectivity index (χ0v) is 9.66. The van der Waals surface area contributed by atoms with Gasteiger partial charge in [-0.3, -0.25) is 0 Å². The molecule has 1 fully saturated rings. The van der Waals surface area contributed by atoms with Gasteiger partial charge in [-0.25, -0.2) is 0 Å². The van der Waals surface area contributed by atoms with Crippen LogP contribution in [0.25, 0.3) is 0 Å². The summed E-state index contributed by atoms with van der Waals surface area (Å²) in [7, 11) is 0. The Morgan fingerprint density at radius 2 is 1.93 bits per heavy atom. The summed E-state index contributed by atoms with van der Waals surface area (Å²) in [5, 5.41) is 3.37. The molecule has 2 heteroatoms. The molecule has 1 aromatic rings. The van der Waals surface area contributed by atoms with E-state index in [9.17, 15) is 0 Å². The van der Waals surface area contributed by atoms with Crippen molar-refractivity contribution in [3.63, 3.8) is 0 Å². The normalized spacial score (nSPS) is 25.1. The molecule has 2 rings (SSSR count). The first kappa shape index (κ1) is 10.5. The van der Waals surface area contributed by atoms with Gasteiger partial charge in [0, 0.05) is 18.5 Å². The Labute approximate surface area is 91.6 Å². The fourth-order valence-electron chi connectivity index (χ4n) is 1.94. The van der Waals surface area contributed by atoms with Crippen LogP contribution < -0.4 is 10.1 Å². The summed E-state index contributed by atoms with van der Waals surface area (Å²) in [4.78, 5) is 0. The number of nitrogens with one attached hydrogen (secondary N) is 1. The molecule has 0 spiro atoms. The smallest absolute Gasteiger partial charge is 0.119 e. The molecule has 0 radical (unpaired) electrons. The van der Waals surface area contributed by atoms with Gasteiger partial charge in [0.15, 0.2) is 0 Å². The van der Waals surface area contributed by atoms with Crippen molar-refractivity contribution in [1.29, 1.82) is 0 Å². The van der Waals surface area contributed by atoms with Crippen LogP contribution in [0.5, 0.6) is 5.75 Å². The van der Waals surface area contributed by atoms with Gasteiger partial charge < -0.3 is 10.1 Å². The molecule has 0 saturated carbocycles. The van der Waals surface area contributed by atoms with Crippen molar-refractivity contribution < 1.29 is 4.74 Å². The number of rotatable bonds is 3. The van der Waals surface area contributed by atoms with Crippen molar-refractivity contribution in [1.82, 2.24) is 5.32 Å². The molecular formula is C13H19NO. The summed E-state index contributed by atoms with van der Waals surface area (Å²) in [5.41, 5.74) is 1.41. The largest absolute Gasteiger partial charge is 0.491 e. The monoisotopic (exact) mass is 205 g/mol. The third-order valence-electron chi connectivity index (χ3n) is 2.94. The fourth-order valence-corrected chi connectivity index (χ4v) is 1.94. The molecule has 82 valence electrons. The zero-order valence-electron chi connectivity index (χ0n) is 9.66. The van der Waals surface area contributed by atoms with E-state index in [2.05, 4.69) is 36.5 Å². The summed E-state index contributed by atoms with van der Waals surface area (Å²) >= 11 is 0. The minimum Gasteiger partial charge on any atom is -0.491 e. The van der Waals surface area contributed by atoms with Gasteiger partial charge in [0.1, 0.15) is 5.75 Å². The predicted molar refractivity (Wildman–Crippen MR) is 62.4 cm³/mol. The van der Waals surface area contributed by atoms with E-state index in [1.54, 1.807) is 0 Å². The lowest BCUT2D eigenvalue weighted by molar-refractivity contribution is 0.242. The Morgan fingerprint density at radius 1 is 1.27 bits per heavy atom. The van der Waals surface area contributed by atoms with E-state index in [1.807, 2.05) is 13.8 Å². The van der Waals surface area contributed by atoms with Crippen LogP contribution in [0.1, 0.15) is 32.3 Å². The van der Waals surface area contributed by atoms with Crippen molar-refractivity contribution in [2.24, 2.45) is 0 Å². The van der Waals surface area contributed by atoms with Crippen LogP contribution in [-0.2, 0) is 0 Å². The number of hydrogen-bond acceptors (Lipinski definition) is 2. The van der Waals surface area contributed by atoms with Crippen LogP contribution in [0.4, 0.5) is 0 Å². The topological polar surface area (TPSA) is 21.3 Å². The average molecular weight is 205 g/mol. The quantitative estimate of drug-likeness (QED) is 0.818. The van der Waals surface area contributed by atoms with Crippen molar-refractivity contribution in [3.8, 4) is 5.75 Å². The highest BCUT2D eigenvalue weighted by Gasteiger charge is 2.27. The molecule has 2 atom stereocenters. The highest BCUT2D eigenvalue weighted by Crippen LogP contribution is 2.27. The van der Waals surface area contributed by atoms with Crippen LogP contribution in [0.3, 0.4) is 0 Å². The van der Waals surface area contributed by atoms with E-state index in [-0.39, 0.29) is 6.10 Å². The maximum atomic E-state index is 5.61. The maximum absolute atomic E-state index is 5.61. The fraction of sp³-hybridized carbons (Fsp3) is 0.538. The lowest BCUT2D eigenvalue weighted by atomic mass is 9.86. The zero-order chi connectivity index (χ0) is 10.8. The molecule has 1 aliphatic rings. The summed E-state index contributed by atoms with van der Waals surface area (Å²) < 4.78 is 5.61. The van der Waals surface area contributed by atoms with E-state index in [0.717, 1.165) is 12.3 Å². The van der Waals surface area contributed by atoms with Gasteiger partial charge >= 0.3 is 0 Å². The average Bonchev–Trinajstić information content (AvgIpc) is 2.18. The highest BCUT2D eigenvalue weighted by atomic mass is 16.5. The Morgan fingerprint density at radius 3 is 2.33 bits per heavy atom. The van der Waals surface area contributed by atoms with E-state index in [0.29, 0.717) is 12.0 Å². The number of hydrogen-bond donors (Lipinski definition) is 1. The third kappa shape index (κ3) is 2.32. The van der Waals surface area contributed by atoms with Crippen LogP contribution in [0.2, 0.25) is 0 Å². The van der Waals surface area contributed by atoms with Crippen molar-refractivity contribution in [2.75, 3.05) is 6.54 Å². The van der Waals surface area contributed by atoms with Crippen molar-refractivity contribution in [2.45, 2.75) is 38.8 Å². The minimum atomic E-state index is 0.250. The Hall–Kier alpha value is -1.02. The molecule has 15 heavy (non-hydrogen) atoms. The minimum absolute atomic E-state index is 0.250. The van der Waals surface area contributed by atoms with Crippen molar-refractivity contribution in [3.05, 3.63) is 29.8 Å². The lowest BCUT2D eigenvalue weighted by Crippen LogP contribution is -2.48. The molecule has 0 bridgehead atoms. The molecular weight excluding hydrogens is 186 g/mol. The van der Waals surface area contributed by atoms with Gasteiger partial charge in [-0.1, -0.05) is 12.1 Å². The second-order valence-corrected chi connectivity index (χ2v) is 4.54. The van der Waals surface area contributed by atoms with Crippen LogP contribution in [-0.4, -0.2) is 18.7 Å². The van der Waals surface area contributed by atoms with E-state index < -0.39 is 0 Å². The molecule has 1 aromatic carbocycles. The Balaban J connectivity index is 2.03. The first-order valence-corrected chi connectivity index (χ1v) is 5.67. The van der Waals surface area contributed by atoms with E-state index in [1.165, 1.54) is 5.56 Å². The van der Waals surface area contributed by atoms with Crippen molar-refractivity contribution >= 4 is 0 Å². The summed E-state index contributed by atoms with van der Waals surface area (Å²) in [5.74, 6) is 1.65. The van der Waals surface area contributed by atoms with Gasteiger partial charge in [0.05, 0.1) is 6.10 Å². The second kappa shape index (κ2) is 4.23. The standard InChI is InChI=1S/C13H19NO/c1-9(2)15-12-6-4-11(5-7-12)13-8-14-10(13)3/h4-7,9-10,13-14H,8H2,1-3H3. The first-order valence-electron chi connectivity index (χ1n) is 5.67. The molecule has 0 aromatic heterocycles. The van der Waals surface area contributed by atoms with E-state index in [4.69, 9.17) is 4.74 Å². The Kier molecular flexibility index (Phi) is 2.96. The molecule has 1 saturated heterocycles. The molecule has 0 amide bonds. The molecule has 1 N–H and O–H groups in total. The van der Waals surface area contributed by atoms with Gasteiger partial charge in [-0.05, 0) is 38.5 Å². The lowest BCUT2D eigenvalue weighted by Gasteiger charge is -2.35.